The first-order valence-electron chi connectivity index (χ1n) is 5.87. The molecule has 1 saturated heterocycles. The molecule has 6 N–H and O–H groups in total. The number of nitrogens with two attached hydrogens (primary N) is 1. The number of nitrogens with zero attached hydrogens (tertiary/aromatic N) is 3. The molecule has 0 aliphatic carbocycles. The standard InChI is InChI=1S/C10H13N5O4S/c11-7-4-8(13-2-12-7)15(10(20)14-4)9-6(18)5(17)3(1-16)19-9/h2-3,5-6,9,16-18H,1H2,(H,14,20)(H2,11,12,13)/t3-,5-,6-,9?/m1/s1. The number of imidazole rings is 1. The van der Waals surface area contributed by atoms with Crippen LogP contribution in [0.1, 0.15) is 6.23 Å². The number of fused-ring (bicyclic) bond motifs is 1. The molecule has 3 rings (SSSR count). The lowest BCUT2D eigenvalue weighted by Gasteiger charge is -2.16. The van der Waals surface area contributed by atoms with E-state index in [0.29, 0.717) is 11.2 Å². The molecule has 20 heavy (non-hydrogen) atoms. The van der Waals surface area contributed by atoms with Gasteiger partial charge in [-0.05, 0) is 12.2 Å². The Balaban J connectivity index is 2.14. The molecule has 108 valence electrons. The number of hydrogen-bond acceptors (Lipinski definition) is 8. The number of anilines is 1. The lowest BCUT2D eigenvalue weighted by Crippen LogP contribution is -2.33. The minimum absolute atomic E-state index is 0.214. The van der Waals surface area contributed by atoms with Crippen LogP contribution in [0, 0.1) is 4.77 Å². The summed E-state index contributed by atoms with van der Waals surface area (Å²) in [6, 6.07) is 0. The maximum Gasteiger partial charge on any atom is 0.181 e. The number of aromatic amines is 1. The predicted molar refractivity (Wildman–Crippen MR) is 70.1 cm³/mol. The van der Waals surface area contributed by atoms with E-state index in [1.54, 1.807) is 0 Å². The van der Waals surface area contributed by atoms with Crippen molar-refractivity contribution in [3.63, 3.8) is 0 Å². The average Bonchev–Trinajstić information content (AvgIpc) is 2.90. The fraction of sp³-hybridized carbons (Fsp3) is 0.500. The van der Waals surface area contributed by atoms with Crippen molar-refractivity contribution in [3.05, 3.63) is 11.1 Å². The Morgan fingerprint density at radius 3 is 2.80 bits per heavy atom. The summed E-state index contributed by atoms with van der Waals surface area (Å²) in [5.41, 5.74) is 6.50. The summed E-state index contributed by atoms with van der Waals surface area (Å²) in [6.07, 6.45) is -3.04. The van der Waals surface area contributed by atoms with Crippen molar-refractivity contribution in [1.82, 2.24) is 19.5 Å². The number of aliphatic hydroxyl groups excluding tert-OH is 3. The second kappa shape index (κ2) is 4.75. The summed E-state index contributed by atoms with van der Waals surface area (Å²) in [5.74, 6) is 0.214. The molecule has 9 nitrogen and oxygen atoms in total. The van der Waals surface area contributed by atoms with E-state index in [1.807, 2.05) is 0 Å². The van der Waals surface area contributed by atoms with Gasteiger partial charge in [0, 0.05) is 0 Å². The first kappa shape index (κ1) is 13.4. The van der Waals surface area contributed by atoms with E-state index in [9.17, 15) is 10.2 Å². The Bertz CT molecular complexity index is 701. The molecular weight excluding hydrogens is 286 g/mol. The quantitative estimate of drug-likeness (QED) is 0.430. The van der Waals surface area contributed by atoms with E-state index in [1.165, 1.54) is 10.9 Å². The summed E-state index contributed by atoms with van der Waals surface area (Å²) in [4.78, 5) is 10.7. The van der Waals surface area contributed by atoms with Crippen LogP contribution in [0.4, 0.5) is 5.82 Å². The largest absolute Gasteiger partial charge is 0.394 e. The monoisotopic (exact) mass is 299 g/mol. The Labute approximate surface area is 117 Å². The van der Waals surface area contributed by atoms with E-state index < -0.39 is 31.1 Å². The van der Waals surface area contributed by atoms with E-state index in [2.05, 4.69) is 15.0 Å². The number of aromatic nitrogens is 4. The number of aliphatic hydroxyl groups is 3. The number of nitrogens with one attached hydrogen (secondary N) is 1. The Morgan fingerprint density at radius 1 is 1.40 bits per heavy atom. The van der Waals surface area contributed by atoms with Gasteiger partial charge in [0.1, 0.15) is 30.2 Å². The predicted octanol–water partition coefficient (Wildman–Crippen LogP) is -1.32. The van der Waals surface area contributed by atoms with Gasteiger partial charge in [-0.2, -0.15) is 0 Å². The third-order valence-electron chi connectivity index (χ3n) is 3.31. The van der Waals surface area contributed by atoms with Gasteiger partial charge in [0.2, 0.25) is 0 Å². The molecule has 0 amide bonds. The Kier molecular flexibility index (Phi) is 3.18. The molecule has 0 aromatic carbocycles. The van der Waals surface area contributed by atoms with Crippen LogP contribution < -0.4 is 5.73 Å². The maximum absolute atomic E-state index is 10.0. The van der Waals surface area contributed by atoms with Crippen LogP contribution >= 0.6 is 12.2 Å². The van der Waals surface area contributed by atoms with Crippen LogP contribution in [0.2, 0.25) is 0 Å². The van der Waals surface area contributed by atoms with Crippen molar-refractivity contribution in [1.29, 1.82) is 0 Å². The molecule has 1 unspecified atom stereocenters. The smallest absolute Gasteiger partial charge is 0.181 e. The van der Waals surface area contributed by atoms with Gasteiger partial charge < -0.3 is 30.8 Å². The van der Waals surface area contributed by atoms with Gasteiger partial charge in [-0.1, -0.05) is 0 Å². The van der Waals surface area contributed by atoms with Gasteiger partial charge in [0.15, 0.2) is 22.5 Å². The molecule has 3 heterocycles. The van der Waals surface area contributed by atoms with E-state index >= 15 is 0 Å². The summed E-state index contributed by atoms with van der Waals surface area (Å²) in [6.45, 7) is -0.415. The lowest BCUT2D eigenvalue weighted by molar-refractivity contribution is -0.0517. The van der Waals surface area contributed by atoms with E-state index in [-0.39, 0.29) is 10.6 Å². The third kappa shape index (κ3) is 1.81. The van der Waals surface area contributed by atoms with Crippen LogP contribution in [-0.2, 0) is 4.74 Å². The number of nitrogen functional groups attached to an aromatic ring is 1. The van der Waals surface area contributed by atoms with Crippen LogP contribution in [0.5, 0.6) is 0 Å². The van der Waals surface area contributed by atoms with Crippen LogP contribution in [0.15, 0.2) is 6.33 Å². The summed E-state index contributed by atoms with van der Waals surface area (Å²) in [7, 11) is 0. The molecule has 10 heteroatoms. The Morgan fingerprint density at radius 2 is 2.15 bits per heavy atom. The molecule has 4 atom stereocenters. The highest BCUT2D eigenvalue weighted by atomic mass is 32.1. The fourth-order valence-corrected chi connectivity index (χ4v) is 2.58. The van der Waals surface area contributed by atoms with Crippen molar-refractivity contribution in [2.24, 2.45) is 0 Å². The summed E-state index contributed by atoms with van der Waals surface area (Å²) < 4.78 is 7.07. The number of rotatable bonds is 2. The summed E-state index contributed by atoms with van der Waals surface area (Å²) >= 11 is 5.16. The molecule has 0 bridgehead atoms. The molecule has 2 aromatic heterocycles. The molecule has 1 fully saturated rings. The first-order chi connectivity index (χ1) is 9.54. The van der Waals surface area contributed by atoms with Crippen molar-refractivity contribution < 1.29 is 20.1 Å². The molecule has 0 spiro atoms. The summed E-state index contributed by atoms with van der Waals surface area (Å²) in [5, 5.41) is 28.9. The number of H-pyrrole nitrogens is 1. The minimum atomic E-state index is -1.24. The highest BCUT2D eigenvalue weighted by Crippen LogP contribution is 2.32. The van der Waals surface area contributed by atoms with Gasteiger partial charge >= 0.3 is 0 Å². The van der Waals surface area contributed by atoms with Gasteiger partial charge in [0.25, 0.3) is 0 Å². The number of hydrogen-bond donors (Lipinski definition) is 5. The molecular formula is C10H13N5O4S. The number of ether oxygens (including phenoxy) is 1. The maximum atomic E-state index is 10.0. The van der Waals surface area contributed by atoms with Gasteiger partial charge in [-0.15, -0.1) is 0 Å². The molecule has 2 aromatic rings. The third-order valence-corrected chi connectivity index (χ3v) is 3.61. The topological polar surface area (TPSA) is 142 Å². The second-order valence-corrected chi connectivity index (χ2v) is 4.87. The van der Waals surface area contributed by atoms with Crippen molar-refractivity contribution >= 4 is 29.2 Å². The fourth-order valence-electron chi connectivity index (χ4n) is 2.28. The highest BCUT2D eigenvalue weighted by Gasteiger charge is 2.44. The highest BCUT2D eigenvalue weighted by molar-refractivity contribution is 7.71. The Hall–Kier alpha value is -1.59. The van der Waals surface area contributed by atoms with Crippen LogP contribution in [-0.4, -0.2) is 59.8 Å². The van der Waals surface area contributed by atoms with Gasteiger partial charge in [-0.3, -0.25) is 4.57 Å². The average molecular weight is 299 g/mol. The lowest BCUT2D eigenvalue weighted by atomic mass is 10.1. The normalized spacial score (nSPS) is 30.1. The molecule has 0 saturated carbocycles. The zero-order valence-corrected chi connectivity index (χ0v) is 11.0. The van der Waals surface area contributed by atoms with E-state index in [0.717, 1.165) is 0 Å². The second-order valence-electron chi connectivity index (χ2n) is 4.49. The SMILES string of the molecule is Nc1ncnc2c1[nH]c(=S)n2C1O[C@H](CO)[C@@H](O)[C@H]1O. The molecule has 0 radical (unpaired) electrons. The first-order valence-corrected chi connectivity index (χ1v) is 6.28. The van der Waals surface area contributed by atoms with E-state index in [4.69, 9.17) is 27.8 Å². The van der Waals surface area contributed by atoms with Crippen molar-refractivity contribution in [2.75, 3.05) is 12.3 Å². The van der Waals surface area contributed by atoms with Crippen molar-refractivity contribution in [3.8, 4) is 0 Å². The molecule has 1 aliphatic rings. The van der Waals surface area contributed by atoms with Gasteiger partial charge in [-0.25, -0.2) is 9.97 Å². The van der Waals surface area contributed by atoms with Crippen molar-refractivity contribution in [2.45, 2.75) is 24.5 Å². The van der Waals surface area contributed by atoms with Gasteiger partial charge in [0.05, 0.1) is 6.61 Å². The van der Waals surface area contributed by atoms with Crippen LogP contribution in [0.3, 0.4) is 0 Å². The van der Waals surface area contributed by atoms with Crippen LogP contribution in [0.25, 0.3) is 11.2 Å². The zero-order valence-electron chi connectivity index (χ0n) is 10.2. The molecule has 1 aliphatic heterocycles. The minimum Gasteiger partial charge on any atom is -0.394 e. The zero-order chi connectivity index (χ0) is 14.4.